The van der Waals surface area contributed by atoms with Crippen LogP contribution in [-0.2, 0) is 28.7 Å². The Bertz CT molecular complexity index is 1500. The summed E-state index contributed by atoms with van der Waals surface area (Å²) in [7, 11) is 1.39. The van der Waals surface area contributed by atoms with Crippen LogP contribution < -0.4 is 0 Å². The maximum absolute atomic E-state index is 13.4. The third kappa shape index (κ3) is 10.9. The van der Waals surface area contributed by atoms with Gasteiger partial charge in [-0.25, -0.2) is 0 Å². The van der Waals surface area contributed by atoms with Crippen LogP contribution >= 0.6 is 0 Å². The number of fused-ring (bicyclic) bond motifs is 6. The van der Waals surface area contributed by atoms with E-state index in [0.717, 1.165) is 103 Å². The highest BCUT2D eigenvalue weighted by Crippen LogP contribution is 2.66. The van der Waals surface area contributed by atoms with Crippen molar-refractivity contribution in [2.75, 3.05) is 26.8 Å². The van der Waals surface area contributed by atoms with Crippen molar-refractivity contribution in [1.82, 2.24) is 9.80 Å². The number of ketones is 2. The Morgan fingerprint density at radius 1 is 0.638 bits per heavy atom. The number of carbonyl (C=O) groups is 5. The van der Waals surface area contributed by atoms with Crippen molar-refractivity contribution in [3.05, 3.63) is 24.3 Å². The number of aliphatic hydroxyl groups is 1. The molecule has 2 saturated heterocycles. The summed E-state index contributed by atoms with van der Waals surface area (Å²) in [5.74, 6) is 1.17. The molecule has 2 amide bonds. The van der Waals surface area contributed by atoms with Crippen LogP contribution in [0.2, 0.25) is 0 Å². The van der Waals surface area contributed by atoms with Gasteiger partial charge < -0.3 is 19.6 Å². The number of hydrogen-bond donors (Lipinski definition) is 1. The van der Waals surface area contributed by atoms with Crippen molar-refractivity contribution in [3.63, 3.8) is 0 Å². The minimum atomic E-state index is -0.405. The van der Waals surface area contributed by atoms with E-state index in [-0.39, 0.29) is 89.0 Å². The van der Waals surface area contributed by atoms with Crippen LogP contribution in [0.4, 0.5) is 0 Å². The topological polar surface area (TPSA) is 121 Å². The highest BCUT2D eigenvalue weighted by Gasteiger charge is 2.70. The third-order valence-corrected chi connectivity index (χ3v) is 15.5. The van der Waals surface area contributed by atoms with Gasteiger partial charge in [0.25, 0.3) is 0 Å². The summed E-state index contributed by atoms with van der Waals surface area (Å²) in [6.07, 6.45) is 25.5. The van der Waals surface area contributed by atoms with Gasteiger partial charge >= 0.3 is 5.97 Å². The molecule has 9 nitrogen and oxygen atoms in total. The molecule has 9 heteroatoms. The lowest BCUT2D eigenvalue weighted by atomic mass is 9.89. The molecule has 6 aliphatic rings. The number of amides is 2. The summed E-state index contributed by atoms with van der Waals surface area (Å²) < 4.78 is 5.00. The van der Waals surface area contributed by atoms with E-state index in [1.165, 1.54) is 7.11 Å². The Hall–Kier alpha value is -2.81. The number of methoxy groups -OCH3 is 1. The van der Waals surface area contributed by atoms with Gasteiger partial charge in [-0.15, -0.1) is 0 Å². The predicted molar refractivity (Wildman–Crippen MR) is 228 cm³/mol. The van der Waals surface area contributed by atoms with Gasteiger partial charge in [-0.05, 0) is 117 Å². The maximum Gasteiger partial charge on any atom is 0.309 e. The number of esters is 1. The zero-order chi connectivity index (χ0) is 42.2. The van der Waals surface area contributed by atoms with Crippen molar-refractivity contribution in [2.45, 2.75) is 169 Å². The summed E-state index contributed by atoms with van der Waals surface area (Å²) in [6.45, 7) is 14.4. The van der Waals surface area contributed by atoms with Gasteiger partial charge in [-0.1, -0.05) is 91.5 Å². The fourth-order valence-corrected chi connectivity index (χ4v) is 11.3. The number of carbonyl (C=O) groups excluding carboxylic acids is 5. The summed E-state index contributed by atoms with van der Waals surface area (Å²) in [5.41, 5.74) is 0.269. The van der Waals surface area contributed by atoms with Crippen molar-refractivity contribution in [2.24, 2.45) is 58.2 Å². The minimum Gasteiger partial charge on any atom is -0.469 e. The number of piperidine rings is 2. The van der Waals surface area contributed by atoms with Crippen molar-refractivity contribution in [3.8, 4) is 0 Å². The minimum absolute atomic E-state index is 0.00999. The molecule has 2 saturated carbocycles. The van der Waals surface area contributed by atoms with Gasteiger partial charge in [0.05, 0.1) is 25.1 Å². The Balaban J connectivity index is 0.000000221. The van der Waals surface area contributed by atoms with E-state index >= 15 is 0 Å². The SMILES string of the molecule is COC(=O)[C@@H]1CCCCC=CCCCC[C@H](C)C(=O)N2C[C@H]3[C@@H]([C@H]2C(=O)C1)C3(C)C.C[C@H]1CCCCC=CCCCC[C@@H](CO)CC(=O)[C@@H]2[C@@H]3[C@H](CN2C1=O)C3(C)C. The maximum atomic E-state index is 13.4. The number of nitrogens with zero attached hydrogens (tertiary/aromatic N) is 2. The summed E-state index contributed by atoms with van der Waals surface area (Å²) in [6, 6.07) is -0.634. The highest BCUT2D eigenvalue weighted by atomic mass is 16.5. The molecule has 10 atom stereocenters. The fraction of sp³-hybridized carbons (Fsp3) is 0.816. The summed E-state index contributed by atoms with van der Waals surface area (Å²) in [5, 5.41) is 9.80. The quantitative estimate of drug-likeness (QED) is 0.219. The summed E-state index contributed by atoms with van der Waals surface area (Å²) in [4.78, 5) is 69.2. The highest BCUT2D eigenvalue weighted by molar-refractivity contribution is 5.94. The van der Waals surface area contributed by atoms with E-state index in [1.54, 1.807) is 0 Å². The molecule has 2 aliphatic carbocycles. The Morgan fingerprint density at radius 2 is 1.03 bits per heavy atom. The molecule has 0 aromatic heterocycles. The number of rotatable bonds is 2. The lowest BCUT2D eigenvalue weighted by Gasteiger charge is -2.32. The lowest BCUT2D eigenvalue weighted by Crippen LogP contribution is -2.48. The van der Waals surface area contributed by atoms with E-state index in [4.69, 9.17) is 4.74 Å². The molecule has 0 unspecified atom stereocenters. The van der Waals surface area contributed by atoms with E-state index < -0.39 is 5.92 Å². The predicted octanol–water partition coefficient (Wildman–Crippen LogP) is 8.91. The Labute approximate surface area is 350 Å². The molecule has 1 N–H and O–H groups in total. The molecule has 4 fully saturated rings. The smallest absolute Gasteiger partial charge is 0.309 e. The second-order valence-corrected chi connectivity index (χ2v) is 20.3. The van der Waals surface area contributed by atoms with Crippen LogP contribution in [0.3, 0.4) is 0 Å². The van der Waals surface area contributed by atoms with Crippen molar-refractivity contribution in [1.29, 1.82) is 0 Å². The molecular weight excluding hydrogens is 729 g/mol. The summed E-state index contributed by atoms with van der Waals surface area (Å²) >= 11 is 0. The first-order valence-corrected chi connectivity index (χ1v) is 23.3. The molecule has 58 heavy (non-hydrogen) atoms. The second kappa shape index (κ2) is 20.6. The lowest BCUT2D eigenvalue weighted by molar-refractivity contribution is -0.149. The first kappa shape index (κ1) is 46.3. The molecule has 0 bridgehead atoms. The van der Waals surface area contributed by atoms with E-state index in [2.05, 4.69) is 52.0 Å². The molecule has 6 rings (SSSR count). The number of aliphatic hydroxyl groups excluding tert-OH is 1. The molecule has 0 radical (unpaired) electrons. The number of hydrogen-bond acceptors (Lipinski definition) is 7. The van der Waals surface area contributed by atoms with Crippen LogP contribution in [-0.4, -0.2) is 83.1 Å². The van der Waals surface area contributed by atoms with Gasteiger partial charge in [-0.3, -0.25) is 24.0 Å². The van der Waals surface area contributed by atoms with Crippen LogP contribution in [0.15, 0.2) is 24.3 Å². The average molecular weight is 807 g/mol. The zero-order valence-electron chi connectivity index (χ0n) is 37.2. The van der Waals surface area contributed by atoms with Gasteiger partial charge in [-0.2, -0.15) is 0 Å². The van der Waals surface area contributed by atoms with Gasteiger partial charge in [0.1, 0.15) is 0 Å². The Morgan fingerprint density at radius 3 is 1.45 bits per heavy atom. The molecule has 4 heterocycles. The molecule has 0 spiro atoms. The standard InChI is InChI=1S/C25H39NO4.C24H39NO3/c1-17-13-11-9-7-5-6-8-10-12-14-18(24(29)30-4)15-20(27)22-21-19(25(21,2)3)16-26(22)23(17)28;1-17-12-10-8-6-4-5-7-9-11-13-18(16-26)14-20(27)22-21-19(24(21,2)3)15-25(22)23(17)28/h5-6,17-19,21-22H,7-16H2,1-4H3;4-5,17-19,21-22,26H,6-16H2,1-3H3/t2*17-,18+,19-,21-,22+/m00/s1. The first-order valence-electron chi connectivity index (χ1n) is 23.3. The Kier molecular flexibility index (Phi) is 16.5. The molecular formula is C49H78N2O7. The molecule has 4 aliphatic heterocycles. The second-order valence-electron chi connectivity index (χ2n) is 20.3. The van der Waals surface area contributed by atoms with Crippen molar-refractivity contribution >= 4 is 29.4 Å². The van der Waals surface area contributed by atoms with Crippen LogP contribution in [0, 0.1) is 58.2 Å². The van der Waals surface area contributed by atoms with E-state index in [1.807, 2.05) is 23.6 Å². The average Bonchev–Trinajstić information content (AvgIpc) is 3.65. The van der Waals surface area contributed by atoms with Crippen LogP contribution in [0.25, 0.3) is 0 Å². The largest absolute Gasteiger partial charge is 0.469 e. The third-order valence-electron chi connectivity index (χ3n) is 15.5. The normalized spacial score (nSPS) is 36.3. The van der Waals surface area contributed by atoms with Crippen LogP contribution in [0.5, 0.6) is 0 Å². The van der Waals surface area contributed by atoms with Crippen molar-refractivity contribution < 1.29 is 33.8 Å². The number of ether oxygens (including phenoxy) is 1. The number of Topliss-reactive ketones (excluding diaryl/α,β-unsaturated/α-hetero) is 2. The van der Waals surface area contributed by atoms with Gasteiger partial charge in [0, 0.05) is 44.4 Å². The van der Waals surface area contributed by atoms with E-state index in [9.17, 15) is 29.1 Å². The zero-order valence-corrected chi connectivity index (χ0v) is 37.2. The first-order chi connectivity index (χ1) is 27.7. The fourth-order valence-electron chi connectivity index (χ4n) is 11.3. The molecule has 0 aromatic rings. The van der Waals surface area contributed by atoms with Gasteiger partial charge in [0.15, 0.2) is 11.6 Å². The molecule has 326 valence electrons. The van der Waals surface area contributed by atoms with Gasteiger partial charge in [0.2, 0.25) is 11.8 Å². The van der Waals surface area contributed by atoms with Crippen LogP contribution in [0.1, 0.15) is 157 Å². The number of allylic oxidation sites excluding steroid dienone is 4. The van der Waals surface area contributed by atoms with E-state index in [0.29, 0.717) is 37.1 Å². The monoisotopic (exact) mass is 807 g/mol. The molecule has 0 aromatic carbocycles.